The zero-order chi connectivity index (χ0) is 12.5. The molecule has 0 saturated carbocycles. The van der Waals surface area contributed by atoms with E-state index in [0.29, 0.717) is 16.7 Å². The van der Waals surface area contributed by atoms with Crippen LogP contribution in [0.15, 0.2) is 48.5 Å². The Morgan fingerprint density at radius 3 is 2.17 bits per heavy atom. The molecule has 2 aromatic rings. The fraction of sp³-hybridized carbons (Fsp3) is 0. The second-order valence-electron chi connectivity index (χ2n) is 3.87. The Labute approximate surface area is 103 Å². The number of rotatable bonds is 0. The van der Waals surface area contributed by atoms with Gasteiger partial charge in [-0.05, 0) is 29.3 Å². The van der Waals surface area contributed by atoms with E-state index in [0.717, 1.165) is 5.56 Å². The molecule has 1 heterocycles. The van der Waals surface area contributed by atoms with E-state index < -0.39 is 11.9 Å². The average molecular weight is 240 g/mol. The van der Waals surface area contributed by atoms with Gasteiger partial charge in [-0.25, -0.2) is 19.4 Å². The predicted octanol–water partition coefficient (Wildman–Crippen LogP) is 2.60. The summed E-state index contributed by atoms with van der Waals surface area (Å²) in [6.45, 7) is 0. The van der Waals surface area contributed by atoms with Crippen molar-refractivity contribution in [2.45, 2.75) is 0 Å². The summed E-state index contributed by atoms with van der Waals surface area (Å²) in [7, 11) is 0. The molecule has 0 radical (unpaired) electrons. The minimum Gasteiger partial charge on any atom is -0.242 e. The molecule has 0 saturated heterocycles. The highest BCUT2D eigenvalue weighted by Gasteiger charge is 2.21. The van der Waals surface area contributed by atoms with E-state index in [1.54, 1.807) is 36.4 Å². The van der Waals surface area contributed by atoms with Gasteiger partial charge in [-0.3, -0.25) is 0 Å². The second kappa shape index (κ2) is 4.00. The van der Waals surface area contributed by atoms with Crippen LogP contribution in [0.25, 0.3) is 11.1 Å². The molecular weight excluding hydrogens is 232 g/mol. The van der Waals surface area contributed by atoms with Crippen LogP contribution >= 0.6 is 0 Å². The lowest BCUT2D eigenvalue weighted by atomic mass is 9.98. The van der Waals surface area contributed by atoms with Crippen molar-refractivity contribution < 1.29 is 19.4 Å². The van der Waals surface area contributed by atoms with Crippen molar-refractivity contribution in [3.63, 3.8) is 0 Å². The molecule has 0 amide bonds. The van der Waals surface area contributed by atoms with E-state index in [1.807, 2.05) is 12.1 Å². The van der Waals surface area contributed by atoms with Crippen LogP contribution in [0.1, 0.15) is 20.7 Å². The molecule has 1 aliphatic heterocycles. The number of hydrogen-bond acceptors (Lipinski definition) is 4. The van der Waals surface area contributed by atoms with Gasteiger partial charge in [0.25, 0.3) is 0 Å². The van der Waals surface area contributed by atoms with Gasteiger partial charge in [-0.1, -0.05) is 30.3 Å². The Morgan fingerprint density at radius 2 is 1.33 bits per heavy atom. The third-order valence-corrected chi connectivity index (χ3v) is 2.75. The van der Waals surface area contributed by atoms with E-state index >= 15 is 0 Å². The van der Waals surface area contributed by atoms with E-state index in [1.165, 1.54) is 0 Å². The van der Waals surface area contributed by atoms with Gasteiger partial charge in [0, 0.05) is 0 Å². The molecule has 2 aromatic carbocycles. The summed E-state index contributed by atoms with van der Waals surface area (Å²) in [6, 6.07) is 13.8. The molecule has 1 aliphatic rings. The SMILES string of the molecule is O=C1OOC(=O)c2ccccc2-c2cccc1c2. The molecule has 2 bridgehead atoms. The molecule has 0 fully saturated rings. The summed E-state index contributed by atoms with van der Waals surface area (Å²) >= 11 is 0. The van der Waals surface area contributed by atoms with Gasteiger partial charge in [0.2, 0.25) is 0 Å². The zero-order valence-electron chi connectivity index (χ0n) is 9.25. The molecule has 88 valence electrons. The molecule has 18 heavy (non-hydrogen) atoms. The predicted molar refractivity (Wildman–Crippen MR) is 62.7 cm³/mol. The van der Waals surface area contributed by atoms with Crippen molar-refractivity contribution in [2.24, 2.45) is 0 Å². The molecule has 0 aromatic heterocycles. The van der Waals surface area contributed by atoms with Gasteiger partial charge < -0.3 is 0 Å². The molecule has 3 rings (SSSR count). The molecule has 0 unspecified atom stereocenters. The van der Waals surface area contributed by atoms with Gasteiger partial charge in [0.1, 0.15) is 0 Å². The number of fused-ring (bicyclic) bond motifs is 4. The summed E-state index contributed by atoms with van der Waals surface area (Å²) in [5.74, 6) is -1.36. The quantitative estimate of drug-likeness (QED) is 0.664. The van der Waals surface area contributed by atoms with E-state index in [-0.39, 0.29) is 0 Å². The first-order chi connectivity index (χ1) is 8.75. The lowest BCUT2D eigenvalue weighted by Gasteiger charge is -2.05. The van der Waals surface area contributed by atoms with E-state index in [9.17, 15) is 9.59 Å². The van der Waals surface area contributed by atoms with Crippen LogP contribution in [0.3, 0.4) is 0 Å². The fourth-order valence-corrected chi connectivity index (χ4v) is 1.90. The monoisotopic (exact) mass is 240 g/mol. The molecule has 4 heteroatoms. The number of benzene rings is 2. The number of carbonyl (C=O) groups is 2. The van der Waals surface area contributed by atoms with Crippen LogP contribution in [0.2, 0.25) is 0 Å². The van der Waals surface area contributed by atoms with Crippen molar-refractivity contribution in [1.29, 1.82) is 0 Å². The molecule has 0 atom stereocenters. The maximum Gasteiger partial charge on any atom is 0.386 e. The van der Waals surface area contributed by atoms with Crippen molar-refractivity contribution in [2.75, 3.05) is 0 Å². The maximum atomic E-state index is 11.8. The smallest absolute Gasteiger partial charge is 0.242 e. The fourth-order valence-electron chi connectivity index (χ4n) is 1.90. The highest BCUT2D eigenvalue weighted by molar-refractivity contribution is 6.00. The zero-order valence-corrected chi connectivity index (χ0v) is 9.25. The standard InChI is InChI=1S/C14H8O4/c15-13-10-5-3-4-9(8-10)11-6-1-2-7-12(11)14(16)18-17-13/h1-8H. The largest absolute Gasteiger partial charge is 0.386 e. The Bertz CT molecular complexity index is 646. The third-order valence-electron chi connectivity index (χ3n) is 2.75. The minimum atomic E-state index is -0.682. The van der Waals surface area contributed by atoms with Crippen molar-refractivity contribution in [1.82, 2.24) is 0 Å². The Kier molecular flexibility index (Phi) is 2.34. The molecule has 0 spiro atoms. The lowest BCUT2D eigenvalue weighted by molar-refractivity contribution is -0.187. The third kappa shape index (κ3) is 1.64. The normalized spacial score (nSPS) is 13.6. The second-order valence-corrected chi connectivity index (χ2v) is 3.87. The van der Waals surface area contributed by atoms with Crippen molar-refractivity contribution >= 4 is 11.9 Å². The molecule has 4 nitrogen and oxygen atoms in total. The van der Waals surface area contributed by atoms with Gasteiger partial charge in [0.15, 0.2) is 0 Å². The summed E-state index contributed by atoms with van der Waals surface area (Å²) in [5, 5.41) is 0. The molecule has 0 aliphatic carbocycles. The lowest BCUT2D eigenvalue weighted by Crippen LogP contribution is -2.10. The van der Waals surface area contributed by atoms with Crippen LogP contribution < -0.4 is 0 Å². The summed E-state index contributed by atoms with van der Waals surface area (Å²) in [4.78, 5) is 32.4. The van der Waals surface area contributed by atoms with E-state index in [2.05, 4.69) is 9.78 Å². The van der Waals surface area contributed by atoms with Crippen molar-refractivity contribution in [3.05, 3.63) is 59.7 Å². The minimum absolute atomic E-state index is 0.344. The van der Waals surface area contributed by atoms with Crippen LogP contribution in [0.5, 0.6) is 0 Å². The van der Waals surface area contributed by atoms with Crippen LogP contribution in [0.4, 0.5) is 0 Å². The average Bonchev–Trinajstić information content (AvgIpc) is 2.46. The highest BCUT2D eigenvalue weighted by atomic mass is 17.2. The summed E-state index contributed by atoms with van der Waals surface area (Å²) in [6.07, 6.45) is 0. The Balaban J connectivity index is 2.27. The Morgan fingerprint density at radius 1 is 0.667 bits per heavy atom. The van der Waals surface area contributed by atoms with Crippen LogP contribution in [-0.2, 0) is 9.78 Å². The van der Waals surface area contributed by atoms with Gasteiger partial charge >= 0.3 is 11.9 Å². The van der Waals surface area contributed by atoms with Gasteiger partial charge in [-0.15, -0.1) is 0 Å². The van der Waals surface area contributed by atoms with Crippen molar-refractivity contribution in [3.8, 4) is 11.1 Å². The van der Waals surface area contributed by atoms with Crippen LogP contribution in [-0.4, -0.2) is 11.9 Å². The number of carbonyl (C=O) groups excluding carboxylic acids is 2. The van der Waals surface area contributed by atoms with E-state index in [4.69, 9.17) is 0 Å². The molecular formula is C14H8O4. The summed E-state index contributed by atoms with van der Waals surface area (Å²) < 4.78 is 0. The van der Waals surface area contributed by atoms with Gasteiger partial charge in [0.05, 0.1) is 11.1 Å². The maximum absolute atomic E-state index is 11.8. The summed E-state index contributed by atoms with van der Waals surface area (Å²) in [5.41, 5.74) is 2.20. The van der Waals surface area contributed by atoms with Crippen LogP contribution in [0, 0.1) is 0 Å². The van der Waals surface area contributed by atoms with Gasteiger partial charge in [-0.2, -0.15) is 0 Å². The topological polar surface area (TPSA) is 52.6 Å². The first-order valence-corrected chi connectivity index (χ1v) is 5.38. The highest BCUT2D eigenvalue weighted by Crippen LogP contribution is 2.26. The number of hydrogen-bond donors (Lipinski definition) is 0. The molecule has 0 N–H and O–H groups in total. The first kappa shape index (κ1) is 10.5. The Hall–Kier alpha value is -2.62. The first-order valence-electron chi connectivity index (χ1n) is 5.38.